The maximum Gasteiger partial charge on any atom is 0.500 e. The Balaban J connectivity index is 5.55. The third-order valence-electron chi connectivity index (χ3n) is 4.78. The van der Waals surface area contributed by atoms with Crippen molar-refractivity contribution in [2.24, 2.45) is 0 Å². The first-order chi connectivity index (χ1) is 15.1. The molecule has 0 bridgehead atoms. The van der Waals surface area contributed by atoms with Gasteiger partial charge in [0.1, 0.15) is 0 Å². The summed E-state index contributed by atoms with van der Waals surface area (Å²) in [7, 11) is -5.66. The van der Waals surface area contributed by atoms with E-state index >= 15 is 0 Å². The zero-order valence-corrected chi connectivity index (χ0v) is 23.5. The van der Waals surface area contributed by atoms with Crippen LogP contribution in [0.2, 0.25) is 12.1 Å². The van der Waals surface area contributed by atoms with Gasteiger partial charge < -0.3 is 26.6 Å². The van der Waals surface area contributed by atoms with Gasteiger partial charge >= 0.3 is 17.6 Å². The van der Waals surface area contributed by atoms with Crippen molar-refractivity contribution in [2.75, 3.05) is 39.6 Å². The van der Waals surface area contributed by atoms with Crippen molar-refractivity contribution >= 4 is 17.6 Å². The first-order valence-electron chi connectivity index (χ1n) is 12.9. The highest BCUT2D eigenvalue weighted by atomic mass is 28.4. The summed E-state index contributed by atoms with van der Waals surface area (Å²) < 4.78 is 38.2. The van der Waals surface area contributed by atoms with E-state index < -0.39 is 17.6 Å². The van der Waals surface area contributed by atoms with Crippen molar-refractivity contribution in [2.45, 2.75) is 111 Å². The molecule has 0 rings (SSSR count). The molecule has 0 aliphatic carbocycles. The van der Waals surface area contributed by atoms with E-state index in [-0.39, 0.29) is 0 Å². The molecule has 0 aromatic rings. The topological polar surface area (TPSA) is 55.4 Å². The summed E-state index contributed by atoms with van der Waals surface area (Å²) in [6, 6.07) is 1.37. The summed E-state index contributed by atoms with van der Waals surface area (Å²) in [4.78, 5) is 0. The van der Waals surface area contributed by atoms with Gasteiger partial charge in [-0.15, -0.1) is 0 Å². The van der Waals surface area contributed by atoms with Crippen LogP contribution in [0.25, 0.3) is 0 Å². The van der Waals surface area contributed by atoms with Crippen LogP contribution in [0.15, 0.2) is 0 Å². The predicted octanol–water partition coefficient (Wildman–Crippen LogP) is 6.59. The molecule has 0 saturated carbocycles. The molecule has 0 amide bonds. The predicted molar refractivity (Wildman–Crippen MR) is 132 cm³/mol. The Morgan fingerprint density at radius 2 is 0.613 bits per heavy atom. The van der Waals surface area contributed by atoms with Gasteiger partial charge in [-0.1, -0.05) is 60.8 Å². The quantitative estimate of drug-likeness (QED) is 0.115. The molecule has 0 aliphatic heterocycles. The lowest BCUT2D eigenvalue weighted by molar-refractivity contribution is 0.0454. The highest BCUT2D eigenvalue weighted by Gasteiger charge is 2.49. The highest BCUT2D eigenvalue weighted by molar-refractivity contribution is 6.66. The molecule has 0 saturated heterocycles. The van der Waals surface area contributed by atoms with Gasteiger partial charge in [-0.05, 0) is 38.5 Å². The fraction of sp³-hybridized carbons (Fsp3) is 1.00. The average molecular weight is 481 g/mol. The number of hydrogen-bond donors (Lipinski definition) is 0. The zero-order valence-electron chi connectivity index (χ0n) is 21.5. The largest absolute Gasteiger partial charge is 0.500 e. The first-order valence-corrected chi connectivity index (χ1v) is 16.8. The van der Waals surface area contributed by atoms with Crippen LogP contribution in [-0.4, -0.2) is 57.3 Å². The van der Waals surface area contributed by atoms with Crippen molar-refractivity contribution < 1.29 is 26.6 Å². The minimum atomic E-state index is -2.84. The molecule has 8 heteroatoms. The Labute approximate surface area is 195 Å². The van der Waals surface area contributed by atoms with Gasteiger partial charge in [-0.3, -0.25) is 0 Å². The van der Waals surface area contributed by atoms with Crippen LogP contribution in [0.4, 0.5) is 0 Å². The summed E-state index contributed by atoms with van der Waals surface area (Å²) in [5, 5.41) is 0. The van der Waals surface area contributed by atoms with Crippen molar-refractivity contribution in [3.8, 4) is 0 Å². The van der Waals surface area contributed by atoms with E-state index in [0.29, 0.717) is 51.7 Å². The molecule has 31 heavy (non-hydrogen) atoms. The van der Waals surface area contributed by atoms with Crippen molar-refractivity contribution in [3.63, 3.8) is 0 Å². The monoisotopic (exact) mass is 480 g/mol. The molecular formula is C23H52O6Si2. The SMILES string of the molecule is CCCCO[Si](CC[Si](OCCC)(OCCC)OCCC)(OCCCC)OCCCC. The Bertz CT molecular complexity index is 339. The Hall–Kier alpha value is 0.194. The van der Waals surface area contributed by atoms with Crippen LogP contribution in [0.3, 0.4) is 0 Å². The second-order valence-corrected chi connectivity index (χ2v) is 13.5. The third kappa shape index (κ3) is 14.9. The molecule has 0 aromatic carbocycles. The lowest BCUT2D eigenvalue weighted by Crippen LogP contribution is -2.52. The minimum Gasteiger partial charge on any atom is -0.373 e. The van der Waals surface area contributed by atoms with E-state index in [2.05, 4.69) is 41.5 Å². The van der Waals surface area contributed by atoms with Crippen LogP contribution < -0.4 is 0 Å². The average Bonchev–Trinajstić information content (AvgIpc) is 2.78. The highest BCUT2D eigenvalue weighted by Crippen LogP contribution is 2.28. The molecule has 0 aliphatic rings. The number of unbranched alkanes of at least 4 members (excludes halogenated alkanes) is 3. The van der Waals surface area contributed by atoms with Crippen molar-refractivity contribution in [1.29, 1.82) is 0 Å². The van der Waals surface area contributed by atoms with Gasteiger partial charge in [0.15, 0.2) is 0 Å². The summed E-state index contributed by atoms with van der Waals surface area (Å²) in [5.41, 5.74) is 0. The molecular weight excluding hydrogens is 428 g/mol. The van der Waals surface area contributed by atoms with Crippen LogP contribution in [0.5, 0.6) is 0 Å². The molecule has 6 nitrogen and oxygen atoms in total. The van der Waals surface area contributed by atoms with E-state index in [9.17, 15) is 0 Å². The Kier molecular flexibility index (Phi) is 20.9. The van der Waals surface area contributed by atoms with Crippen molar-refractivity contribution in [3.05, 3.63) is 0 Å². The molecule has 188 valence electrons. The third-order valence-corrected chi connectivity index (χ3v) is 10.9. The Morgan fingerprint density at radius 3 is 0.839 bits per heavy atom. The van der Waals surface area contributed by atoms with E-state index in [1.54, 1.807) is 0 Å². The normalized spacial score (nSPS) is 12.6. The maximum atomic E-state index is 6.42. The zero-order chi connectivity index (χ0) is 23.3. The van der Waals surface area contributed by atoms with Gasteiger partial charge in [0.05, 0.1) is 0 Å². The molecule has 0 unspecified atom stereocenters. The molecule has 0 spiro atoms. The maximum absolute atomic E-state index is 6.42. The lowest BCUT2D eigenvalue weighted by atomic mass is 10.4. The van der Waals surface area contributed by atoms with Crippen LogP contribution in [-0.2, 0) is 26.6 Å². The second-order valence-electron chi connectivity index (χ2n) is 8.02. The number of rotatable bonds is 24. The Morgan fingerprint density at radius 1 is 0.355 bits per heavy atom. The van der Waals surface area contributed by atoms with Crippen molar-refractivity contribution in [1.82, 2.24) is 0 Å². The van der Waals surface area contributed by atoms with Gasteiger partial charge in [0.2, 0.25) is 0 Å². The molecule has 0 atom stereocenters. The molecule has 0 fully saturated rings. The smallest absolute Gasteiger partial charge is 0.373 e. The van der Waals surface area contributed by atoms with Gasteiger partial charge in [0, 0.05) is 51.7 Å². The van der Waals surface area contributed by atoms with E-state index in [1.807, 2.05) is 0 Å². The first kappa shape index (κ1) is 31.2. The lowest BCUT2D eigenvalue weighted by Gasteiger charge is -2.34. The van der Waals surface area contributed by atoms with E-state index in [4.69, 9.17) is 26.6 Å². The second kappa shape index (κ2) is 20.8. The van der Waals surface area contributed by atoms with E-state index in [1.165, 1.54) is 0 Å². The van der Waals surface area contributed by atoms with Gasteiger partial charge in [-0.2, -0.15) is 0 Å². The fourth-order valence-corrected chi connectivity index (χ4v) is 9.60. The standard InChI is InChI=1S/C23H52O6Si2/c1-7-13-19-27-31(28-20-14-8-2,29-21-15-9-3)23-22-30(24-16-10-4,25-17-11-5)26-18-12-6/h7-23H2,1-6H3. The van der Waals surface area contributed by atoms with E-state index in [0.717, 1.165) is 57.8 Å². The van der Waals surface area contributed by atoms with Crippen LogP contribution in [0.1, 0.15) is 99.3 Å². The summed E-state index contributed by atoms with van der Waals surface area (Å²) in [6.07, 6.45) is 9.12. The molecule has 0 N–H and O–H groups in total. The number of hydrogen-bond acceptors (Lipinski definition) is 6. The van der Waals surface area contributed by atoms with Gasteiger partial charge in [0.25, 0.3) is 0 Å². The minimum absolute atomic E-state index is 0.651. The molecule has 0 heterocycles. The molecule has 0 radical (unpaired) electrons. The summed E-state index contributed by atoms with van der Waals surface area (Å²) >= 11 is 0. The van der Waals surface area contributed by atoms with Crippen LogP contribution in [0, 0.1) is 0 Å². The fourth-order valence-electron chi connectivity index (χ4n) is 2.88. The van der Waals surface area contributed by atoms with Gasteiger partial charge in [-0.25, -0.2) is 0 Å². The molecule has 0 aromatic heterocycles. The van der Waals surface area contributed by atoms with Crippen LogP contribution >= 0.6 is 0 Å². The summed E-state index contributed by atoms with van der Waals surface area (Å²) in [5.74, 6) is 0. The summed E-state index contributed by atoms with van der Waals surface area (Å²) in [6.45, 7) is 16.9.